The van der Waals surface area contributed by atoms with E-state index < -0.39 is 0 Å². The summed E-state index contributed by atoms with van der Waals surface area (Å²) in [5.41, 5.74) is 8.00. The van der Waals surface area contributed by atoms with Crippen LogP contribution in [-0.4, -0.2) is 34.3 Å². The number of hydrogen-bond acceptors (Lipinski definition) is 4. The standard InChI is InChI=1S/C12H16N4S/c13-3-4-15-5-6-16-10(9-15)8-11(14-16)12-2-1-7-17-12/h1-2,7-8H,3-6,9,13H2. The minimum atomic E-state index is 0.728. The molecule has 1 aliphatic rings. The highest BCUT2D eigenvalue weighted by Gasteiger charge is 2.18. The average Bonchev–Trinajstić information content (AvgIpc) is 2.97. The van der Waals surface area contributed by atoms with Crippen LogP contribution in [0.25, 0.3) is 10.6 Å². The molecular weight excluding hydrogens is 232 g/mol. The molecule has 0 unspecified atom stereocenters. The van der Waals surface area contributed by atoms with Crippen LogP contribution in [0.1, 0.15) is 5.69 Å². The van der Waals surface area contributed by atoms with Gasteiger partial charge in [-0.2, -0.15) is 5.10 Å². The number of nitrogens with zero attached hydrogens (tertiary/aromatic N) is 3. The fourth-order valence-electron chi connectivity index (χ4n) is 2.24. The molecule has 0 saturated carbocycles. The lowest BCUT2D eigenvalue weighted by Gasteiger charge is -2.26. The van der Waals surface area contributed by atoms with Crippen molar-refractivity contribution in [3.05, 3.63) is 29.3 Å². The summed E-state index contributed by atoms with van der Waals surface area (Å²) in [5, 5.41) is 6.75. The van der Waals surface area contributed by atoms with Gasteiger partial charge in [-0.3, -0.25) is 9.58 Å². The maximum Gasteiger partial charge on any atom is 0.103 e. The lowest BCUT2D eigenvalue weighted by Crippen LogP contribution is -2.36. The van der Waals surface area contributed by atoms with Gasteiger partial charge in [0, 0.05) is 26.2 Å². The predicted molar refractivity (Wildman–Crippen MR) is 69.9 cm³/mol. The Balaban J connectivity index is 1.84. The van der Waals surface area contributed by atoms with Crippen molar-refractivity contribution in [1.29, 1.82) is 0 Å². The molecule has 0 aromatic carbocycles. The van der Waals surface area contributed by atoms with Gasteiger partial charge in [0.25, 0.3) is 0 Å². The number of fused-ring (bicyclic) bond motifs is 1. The molecule has 0 fully saturated rings. The highest BCUT2D eigenvalue weighted by atomic mass is 32.1. The molecule has 0 radical (unpaired) electrons. The summed E-state index contributed by atoms with van der Waals surface area (Å²) in [6, 6.07) is 6.39. The summed E-state index contributed by atoms with van der Waals surface area (Å²) in [4.78, 5) is 3.63. The number of aromatic nitrogens is 2. The van der Waals surface area contributed by atoms with Crippen molar-refractivity contribution in [2.45, 2.75) is 13.1 Å². The highest BCUT2D eigenvalue weighted by Crippen LogP contribution is 2.25. The Kier molecular flexibility index (Phi) is 2.96. The van der Waals surface area contributed by atoms with E-state index in [1.165, 1.54) is 10.6 Å². The lowest BCUT2D eigenvalue weighted by atomic mass is 10.2. The SMILES string of the molecule is NCCN1CCn2nc(-c3cccs3)cc2C1. The molecule has 0 saturated heterocycles. The number of rotatable bonds is 3. The number of nitrogens with two attached hydrogens (primary N) is 1. The first-order valence-electron chi connectivity index (χ1n) is 5.90. The van der Waals surface area contributed by atoms with Crippen LogP contribution in [0.4, 0.5) is 0 Å². The van der Waals surface area contributed by atoms with Gasteiger partial charge in [-0.1, -0.05) is 6.07 Å². The zero-order valence-corrected chi connectivity index (χ0v) is 10.5. The molecule has 90 valence electrons. The van der Waals surface area contributed by atoms with E-state index in [1.54, 1.807) is 11.3 Å². The van der Waals surface area contributed by atoms with Crippen LogP contribution in [0.2, 0.25) is 0 Å². The molecule has 17 heavy (non-hydrogen) atoms. The summed E-state index contributed by atoms with van der Waals surface area (Å²) in [5.74, 6) is 0. The van der Waals surface area contributed by atoms with Crippen LogP contribution < -0.4 is 5.73 Å². The molecule has 4 nitrogen and oxygen atoms in total. The lowest BCUT2D eigenvalue weighted by molar-refractivity contribution is 0.219. The van der Waals surface area contributed by atoms with Crippen molar-refractivity contribution in [3.8, 4) is 10.6 Å². The maximum absolute atomic E-state index is 5.60. The minimum Gasteiger partial charge on any atom is -0.329 e. The molecular formula is C12H16N4S. The predicted octanol–water partition coefficient (Wildman–Crippen LogP) is 1.39. The van der Waals surface area contributed by atoms with Crippen LogP contribution in [0.3, 0.4) is 0 Å². The van der Waals surface area contributed by atoms with Gasteiger partial charge in [-0.05, 0) is 17.5 Å². The quantitative estimate of drug-likeness (QED) is 0.893. The normalized spacial score (nSPS) is 16.1. The van der Waals surface area contributed by atoms with Crippen molar-refractivity contribution in [2.24, 2.45) is 5.73 Å². The first-order valence-corrected chi connectivity index (χ1v) is 6.78. The molecule has 0 spiro atoms. The van der Waals surface area contributed by atoms with E-state index in [2.05, 4.69) is 38.3 Å². The molecule has 2 aromatic rings. The Hall–Kier alpha value is -1.17. The van der Waals surface area contributed by atoms with Crippen molar-refractivity contribution in [2.75, 3.05) is 19.6 Å². The van der Waals surface area contributed by atoms with E-state index in [-0.39, 0.29) is 0 Å². The van der Waals surface area contributed by atoms with E-state index in [0.29, 0.717) is 0 Å². The fourth-order valence-corrected chi connectivity index (χ4v) is 2.92. The van der Waals surface area contributed by atoms with Crippen molar-refractivity contribution >= 4 is 11.3 Å². The molecule has 3 rings (SSSR count). The fraction of sp³-hybridized carbons (Fsp3) is 0.417. The minimum absolute atomic E-state index is 0.728. The molecule has 5 heteroatoms. The second-order valence-electron chi connectivity index (χ2n) is 4.29. The molecule has 3 heterocycles. The Bertz CT molecular complexity index is 489. The van der Waals surface area contributed by atoms with Crippen molar-refractivity contribution in [3.63, 3.8) is 0 Å². The third-order valence-electron chi connectivity index (χ3n) is 3.10. The Labute approximate surface area is 105 Å². The third-order valence-corrected chi connectivity index (χ3v) is 3.99. The molecule has 1 aliphatic heterocycles. The van der Waals surface area contributed by atoms with Crippen molar-refractivity contribution < 1.29 is 0 Å². The van der Waals surface area contributed by atoms with E-state index in [1.807, 2.05) is 0 Å². The van der Waals surface area contributed by atoms with Gasteiger partial charge in [0.15, 0.2) is 0 Å². The zero-order valence-electron chi connectivity index (χ0n) is 9.67. The average molecular weight is 248 g/mol. The smallest absolute Gasteiger partial charge is 0.103 e. The van der Waals surface area contributed by atoms with E-state index in [0.717, 1.165) is 38.4 Å². The largest absolute Gasteiger partial charge is 0.329 e. The Morgan fingerprint density at radius 2 is 2.35 bits per heavy atom. The van der Waals surface area contributed by atoms with E-state index in [4.69, 9.17) is 5.73 Å². The molecule has 0 aliphatic carbocycles. The van der Waals surface area contributed by atoms with Gasteiger partial charge in [0.05, 0.1) is 17.1 Å². The topological polar surface area (TPSA) is 47.1 Å². The Morgan fingerprint density at radius 3 is 3.12 bits per heavy atom. The summed E-state index contributed by atoms with van der Waals surface area (Å²) in [6.45, 7) is 4.69. The maximum atomic E-state index is 5.60. The number of thiophene rings is 1. The summed E-state index contributed by atoms with van der Waals surface area (Å²) < 4.78 is 2.13. The van der Waals surface area contributed by atoms with Crippen LogP contribution in [0.5, 0.6) is 0 Å². The van der Waals surface area contributed by atoms with Gasteiger partial charge in [-0.15, -0.1) is 11.3 Å². The third kappa shape index (κ3) is 2.13. The van der Waals surface area contributed by atoms with E-state index in [9.17, 15) is 0 Å². The first-order chi connectivity index (χ1) is 8.36. The van der Waals surface area contributed by atoms with Gasteiger partial charge < -0.3 is 5.73 Å². The zero-order chi connectivity index (χ0) is 11.7. The monoisotopic (exact) mass is 248 g/mol. The first kappa shape index (κ1) is 11.0. The van der Waals surface area contributed by atoms with E-state index >= 15 is 0 Å². The van der Waals surface area contributed by atoms with Crippen LogP contribution >= 0.6 is 11.3 Å². The van der Waals surface area contributed by atoms with Crippen LogP contribution in [-0.2, 0) is 13.1 Å². The van der Waals surface area contributed by atoms with Gasteiger partial charge in [0.2, 0.25) is 0 Å². The second kappa shape index (κ2) is 4.60. The van der Waals surface area contributed by atoms with Crippen LogP contribution in [0.15, 0.2) is 23.6 Å². The number of hydrogen-bond donors (Lipinski definition) is 1. The Morgan fingerprint density at radius 1 is 1.41 bits per heavy atom. The highest BCUT2D eigenvalue weighted by molar-refractivity contribution is 7.13. The van der Waals surface area contributed by atoms with Crippen molar-refractivity contribution in [1.82, 2.24) is 14.7 Å². The second-order valence-corrected chi connectivity index (χ2v) is 5.23. The van der Waals surface area contributed by atoms with Gasteiger partial charge in [-0.25, -0.2) is 0 Å². The molecule has 0 amide bonds. The summed E-state index contributed by atoms with van der Waals surface area (Å²) in [6.07, 6.45) is 0. The molecule has 2 aromatic heterocycles. The molecule has 0 atom stereocenters. The molecule has 0 bridgehead atoms. The van der Waals surface area contributed by atoms with Gasteiger partial charge in [0.1, 0.15) is 5.69 Å². The summed E-state index contributed by atoms with van der Waals surface area (Å²) >= 11 is 1.74. The van der Waals surface area contributed by atoms with Gasteiger partial charge >= 0.3 is 0 Å². The van der Waals surface area contributed by atoms with Crippen LogP contribution in [0, 0.1) is 0 Å². The summed E-state index contributed by atoms with van der Waals surface area (Å²) in [7, 11) is 0. The molecule has 2 N–H and O–H groups in total.